The zero-order chi connectivity index (χ0) is 18.1. The van der Waals surface area contributed by atoms with E-state index in [-0.39, 0.29) is 5.41 Å². The van der Waals surface area contributed by atoms with Gasteiger partial charge in [-0.3, -0.25) is 0 Å². The maximum absolute atomic E-state index is 10.2. The monoisotopic (exact) mass is 345 g/mol. The second-order valence-electron chi connectivity index (χ2n) is 7.94. The van der Waals surface area contributed by atoms with Crippen LogP contribution in [0.3, 0.4) is 0 Å². The van der Waals surface area contributed by atoms with E-state index < -0.39 is 0 Å². The Labute approximate surface area is 156 Å². The molecule has 1 aliphatic rings. The average molecular weight is 345 g/mol. The van der Waals surface area contributed by atoms with Crippen LogP contribution in [0.15, 0.2) is 60.7 Å². The van der Waals surface area contributed by atoms with Crippen LogP contribution in [0.1, 0.15) is 44.2 Å². The molecule has 0 bridgehead atoms. The Morgan fingerprint density at radius 3 is 2.27 bits per heavy atom. The minimum absolute atomic E-state index is 0.0630. The third-order valence-electron chi connectivity index (χ3n) is 5.83. The van der Waals surface area contributed by atoms with E-state index in [1.54, 1.807) is 0 Å². The van der Waals surface area contributed by atoms with Crippen molar-refractivity contribution in [1.29, 1.82) is 0 Å². The van der Waals surface area contributed by atoms with Crippen LogP contribution in [0.4, 0.5) is 5.69 Å². The second-order valence-corrected chi connectivity index (χ2v) is 7.94. The van der Waals surface area contributed by atoms with E-state index in [4.69, 9.17) is 0 Å². The van der Waals surface area contributed by atoms with Crippen LogP contribution in [-0.4, -0.2) is 18.2 Å². The number of phenols is 1. The number of nitrogens with zero attached hydrogens (tertiary/aromatic N) is 1. The molecule has 0 unspecified atom stereocenters. The van der Waals surface area contributed by atoms with Gasteiger partial charge in [0.15, 0.2) is 0 Å². The molecule has 1 aliphatic heterocycles. The van der Waals surface area contributed by atoms with Gasteiger partial charge in [-0.15, -0.1) is 0 Å². The summed E-state index contributed by atoms with van der Waals surface area (Å²) in [7, 11) is 0. The van der Waals surface area contributed by atoms with Gasteiger partial charge in [-0.25, -0.2) is 0 Å². The van der Waals surface area contributed by atoms with Crippen LogP contribution in [0.5, 0.6) is 5.75 Å². The fourth-order valence-electron chi connectivity index (χ4n) is 4.13. The highest BCUT2D eigenvalue weighted by Gasteiger charge is 2.24. The number of aromatic hydroxyl groups is 1. The molecular formula is C24H27NO. The standard InChI is InChI=1S/C24H27NO/c1-24(2,19-9-5-3-6-10-19)20-12-11-18-15-21(26)17-23(22(18)16-20)25-13-7-4-8-14-25/h3,5-6,9-12,15-17,26H,4,7-8,13-14H2,1-2H3. The number of benzene rings is 3. The Kier molecular flexibility index (Phi) is 4.36. The smallest absolute Gasteiger partial charge is 0.118 e. The predicted octanol–water partition coefficient (Wildman–Crippen LogP) is 5.86. The van der Waals surface area contributed by atoms with Crippen LogP contribution in [0.2, 0.25) is 0 Å². The zero-order valence-electron chi connectivity index (χ0n) is 15.7. The number of hydrogen-bond donors (Lipinski definition) is 1. The number of piperidine rings is 1. The highest BCUT2D eigenvalue weighted by atomic mass is 16.3. The normalized spacial score (nSPS) is 15.4. The van der Waals surface area contributed by atoms with Crippen molar-refractivity contribution in [3.8, 4) is 5.75 Å². The summed E-state index contributed by atoms with van der Waals surface area (Å²) >= 11 is 0. The molecule has 0 amide bonds. The number of hydrogen-bond acceptors (Lipinski definition) is 2. The molecule has 3 aromatic carbocycles. The van der Waals surface area contributed by atoms with Gasteiger partial charge in [0.1, 0.15) is 5.75 Å². The summed E-state index contributed by atoms with van der Waals surface area (Å²) in [6, 6.07) is 21.2. The summed E-state index contributed by atoms with van der Waals surface area (Å²) in [5, 5.41) is 12.6. The van der Waals surface area contributed by atoms with Crippen molar-refractivity contribution < 1.29 is 5.11 Å². The lowest BCUT2D eigenvalue weighted by atomic mass is 9.77. The fraction of sp³-hybridized carbons (Fsp3) is 0.333. The maximum Gasteiger partial charge on any atom is 0.118 e. The molecule has 0 saturated carbocycles. The predicted molar refractivity (Wildman–Crippen MR) is 110 cm³/mol. The van der Waals surface area contributed by atoms with Crippen LogP contribution >= 0.6 is 0 Å². The van der Waals surface area contributed by atoms with E-state index >= 15 is 0 Å². The molecule has 0 radical (unpaired) electrons. The van der Waals surface area contributed by atoms with E-state index in [0.717, 1.165) is 18.5 Å². The summed E-state index contributed by atoms with van der Waals surface area (Å²) < 4.78 is 0. The van der Waals surface area contributed by atoms with Gasteiger partial charge < -0.3 is 10.0 Å². The van der Waals surface area contributed by atoms with Crippen LogP contribution < -0.4 is 4.90 Å². The summed E-state index contributed by atoms with van der Waals surface area (Å²) in [5.74, 6) is 0.355. The molecule has 0 spiro atoms. The molecule has 26 heavy (non-hydrogen) atoms. The first-order valence-corrected chi connectivity index (χ1v) is 9.63. The van der Waals surface area contributed by atoms with Gasteiger partial charge in [0.25, 0.3) is 0 Å². The maximum atomic E-state index is 10.2. The number of phenolic OH excluding ortho intramolecular Hbond substituents is 1. The lowest BCUT2D eigenvalue weighted by Crippen LogP contribution is -2.29. The number of rotatable bonds is 3. The fourth-order valence-corrected chi connectivity index (χ4v) is 4.13. The highest BCUT2D eigenvalue weighted by Crippen LogP contribution is 2.38. The molecular weight excluding hydrogens is 318 g/mol. The summed E-state index contributed by atoms with van der Waals surface area (Å²) in [4.78, 5) is 2.44. The van der Waals surface area contributed by atoms with E-state index in [9.17, 15) is 5.11 Å². The van der Waals surface area contributed by atoms with Crippen molar-refractivity contribution in [2.45, 2.75) is 38.5 Å². The van der Waals surface area contributed by atoms with Crippen LogP contribution in [0.25, 0.3) is 10.8 Å². The van der Waals surface area contributed by atoms with Crippen molar-refractivity contribution in [1.82, 2.24) is 0 Å². The van der Waals surface area contributed by atoms with Crippen molar-refractivity contribution in [2.24, 2.45) is 0 Å². The van der Waals surface area contributed by atoms with E-state index in [0.29, 0.717) is 5.75 Å². The van der Waals surface area contributed by atoms with Gasteiger partial charge >= 0.3 is 0 Å². The van der Waals surface area contributed by atoms with Crippen LogP contribution in [-0.2, 0) is 5.41 Å². The van der Waals surface area contributed by atoms with E-state index in [1.165, 1.54) is 41.5 Å². The quantitative estimate of drug-likeness (QED) is 0.642. The minimum atomic E-state index is -0.0630. The molecule has 0 aliphatic carbocycles. The van der Waals surface area contributed by atoms with Gasteiger partial charge in [-0.1, -0.05) is 56.3 Å². The molecule has 1 N–H and O–H groups in total. The third kappa shape index (κ3) is 3.05. The highest BCUT2D eigenvalue weighted by molar-refractivity contribution is 5.96. The van der Waals surface area contributed by atoms with Crippen molar-refractivity contribution >= 4 is 16.5 Å². The Bertz CT molecular complexity index is 908. The number of fused-ring (bicyclic) bond motifs is 1. The Balaban J connectivity index is 1.84. The van der Waals surface area contributed by atoms with Gasteiger partial charge in [0.2, 0.25) is 0 Å². The van der Waals surface area contributed by atoms with Crippen molar-refractivity contribution in [3.63, 3.8) is 0 Å². The molecule has 2 nitrogen and oxygen atoms in total. The molecule has 4 rings (SSSR count). The van der Waals surface area contributed by atoms with Crippen molar-refractivity contribution in [2.75, 3.05) is 18.0 Å². The van der Waals surface area contributed by atoms with Gasteiger partial charge in [0.05, 0.1) is 0 Å². The SMILES string of the molecule is CC(C)(c1ccccc1)c1ccc2cc(O)cc(N3CCCCC3)c2c1. The third-order valence-corrected chi connectivity index (χ3v) is 5.83. The lowest BCUT2D eigenvalue weighted by Gasteiger charge is -2.31. The summed E-state index contributed by atoms with van der Waals surface area (Å²) in [5.41, 5.74) is 3.73. The molecule has 134 valence electrons. The first-order valence-electron chi connectivity index (χ1n) is 9.63. The average Bonchev–Trinajstić information content (AvgIpc) is 2.68. The Morgan fingerprint density at radius 2 is 1.54 bits per heavy atom. The first kappa shape index (κ1) is 17.0. The van der Waals surface area contributed by atoms with Gasteiger partial charge in [-0.2, -0.15) is 0 Å². The Morgan fingerprint density at radius 1 is 0.808 bits per heavy atom. The largest absolute Gasteiger partial charge is 0.508 e. The van der Waals surface area contributed by atoms with Gasteiger partial charge in [0, 0.05) is 35.6 Å². The molecule has 0 aromatic heterocycles. The zero-order valence-corrected chi connectivity index (χ0v) is 15.7. The molecule has 0 atom stereocenters. The van der Waals surface area contributed by atoms with E-state index in [2.05, 4.69) is 67.3 Å². The minimum Gasteiger partial charge on any atom is -0.508 e. The van der Waals surface area contributed by atoms with E-state index in [1.807, 2.05) is 12.1 Å². The molecule has 1 fully saturated rings. The molecule has 3 aromatic rings. The lowest BCUT2D eigenvalue weighted by molar-refractivity contribution is 0.475. The van der Waals surface area contributed by atoms with Gasteiger partial charge in [-0.05, 0) is 47.9 Å². The van der Waals surface area contributed by atoms with Crippen molar-refractivity contribution in [3.05, 3.63) is 71.8 Å². The molecule has 1 heterocycles. The summed E-state index contributed by atoms with van der Waals surface area (Å²) in [6.45, 7) is 6.71. The second kappa shape index (κ2) is 6.68. The first-order chi connectivity index (χ1) is 12.6. The topological polar surface area (TPSA) is 23.5 Å². The summed E-state index contributed by atoms with van der Waals surface area (Å²) in [6.07, 6.45) is 3.76. The molecule has 1 saturated heterocycles. The number of anilines is 1. The van der Waals surface area contributed by atoms with Crippen LogP contribution in [0, 0.1) is 0 Å². The molecule has 2 heteroatoms. The Hall–Kier alpha value is -2.48.